The summed E-state index contributed by atoms with van der Waals surface area (Å²) in [6.45, 7) is 3.36. The zero-order chi connectivity index (χ0) is 12.0. The van der Waals surface area contributed by atoms with Crippen molar-refractivity contribution in [3.8, 4) is 5.75 Å². The van der Waals surface area contributed by atoms with Gasteiger partial charge in [0, 0.05) is 17.1 Å². The molecule has 0 aliphatic carbocycles. The second kappa shape index (κ2) is 6.83. The van der Waals surface area contributed by atoms with Crippen LogP contribution in [0.25, 0.3) is 0 Å². The Kier molecular flexibility index (Phi) is 5.73. The van der Waals surface area contributed by atoms with E-state index in [1.807, 2.05) is 6.92 Å². The molecule has 0 amide bonds. The molecule has 0 fully saturated rings. The average Bonchev–Trinajstić information content (AvgIpc) is 2.22. The van der Waals surface area contributed by atoms with E-state index in [0.717, 1.165) is 6.54 Å². The van der Waals surface area contributed by atoms with Gasteiger partial charge in [-0.15, -0.1) is 0 Å². The van der Waals surface area contributed by atoms with Crippen LogP contribution in [0.15, 0.2) is 22.7 Å². The summed E-state index contributed by atoms with van der Waals surface area (Å²) in [5, 5.41) is 12.5. The maximum absolute atomic E-state index is 13.0. The molecule has 1 aromatic carbocycles. The van der Waals surface area contributed by atoms with Crippen LogP contribution in [-0.2, 0) is 0 Å². The van der Waals surface area contributed by atoms with E-state index in [4.69, 9.17) is 4.74 Å². The molecular formula is C11H15BrFNO2. The van der Waals surface area contributed by atoms with E-state index in [9.17, 15) is 9.50 Å². The van der Waals surface area contributed by atoms with Crippen LogP contribution in [0.3, 0.4) is 0 Å². The van der Waals surface area contributed by atoms with Gasteiger partial charge in [0.25, 0.3) is 0 Å². The summed E-state index contributed by atoms with van der Waals surface area (Å²) in [5.74, 6) is 0.0352. The van der Waals surface area contributed by atoms with Crippen LogP contribution in [-0.4, -0.2) is 30.9 Å². The molecule has 0 bridgehead atoms. The summed E-state index contributed by atoms with van der Waals surface area (Å²) >= 11 is 3.17. The first-order chi connectivity index (χ1) is 7.61. The lowest BCUT2D eigenvalue weighted by Crippen LogP contribution is -2.31. The molecule has 0 radical (unpaired) electrons. The predicted molar refractivity (Wildman–Crippen MR) is 64.1 cm³/mol. The number of likely N-dealkylation sites (N-methyl/N-ethyl adjacent to an activating group) is 1. The minimum Gasteiger partial charge on any atom is -0.491 e. The van der Waals surface area contributed by atoms with Gasteiger partial charge in [0.15, 0.2) is 0 Å². The van der Waals surface area contributed by atoms with Gasteiger partial charge in [0.05, 0.1) is 0 Å². The number of benzene rings is 1. The van der Waals surface area contributed by atoms with Gasteiger partial charge in [-0.3, -0.25) is 0 Å². The van der Waals surface area contributed by atoms with Crippen LogP contribution in [0.2, 0.25) is 0 Å². The molecule has 90 valence electrons. The minimum atomic E-state index is -0.595. The molecule has 0 aliphatic rings. The number of halogens is 2. The molecule has 0 heterocycles. The van der Waals surface area contributed by atoms with Crippen molar-refractivity contribution < 1.29 is 14.2 Å². The molecule has 0 aliphatic heterocycles. The highest BCUT2D eigenvalue weighted by Crippen LogP contribution is 2.20. The second-order valence-electron chi connectivity index (χ2n) is 3.38. The minimum absolute atomic E-state index is 0.142. The summed E-state index contributed by atoms with van der Waals surface area (Å²) in [6, 6.07) is 4.29. The summed E-state index contributed by atoms with van der Waals surface area (Å²) in [6.07, 6.45) is -0.595. The average molecular weight is 292 g/mol. The van der Waals surface area contributed by atoms with Crippen molar-refractivity contribution in [2.45, 2.75) is 13.0 Å². The third-order valence-electron chi connectivity index (χ3n) is 1.91. The molecule has 1 atom stereocenters. The fraction of sp³-hybridized carbons (Fsp3) is 0.455. The SMILES string of the molecule is CCNCC(O)COc1cc(F)cc(Br)c1. The molecule has 5 heteroatoms. The monoisotopic (exact) mass is 291 g/mol. The van der Waals surface area contributed by atoms with Gasteiger partial charge in [-0.25, -0.2) is 4.39 Å². The molecule has 0 spiro atoms. The molecule has 0 saturated heterocycles. The Labute approximate surface area is 103 Å². The van der Waals surface area contributed by atoms with E-state index in [2.05, 4.69) is 21.2 Å². The second-order valence-corrected chi connectivity index (χ2v) is 4.29. The quantitative estimate of drug-likeness (QED) is 0.842. The normalized spacial score (nSPS) is 12.5. The topological polar surface area (TPSA) is 41.5 Å². The van der Waals surface area contributed by atoms with E-state index in [0.29, 0.717) is 16.8 Å². The summed E-state index contributed by atoms with van der Waals surface area (Å²) < 4.78 is 18.9. The zero-order valence-corrected chi connectivity index (χ0v) is 10.6. The van der Waals surface area contributed by atoms with Crippen LogP contribution in [0.1, 0.15) is 6.92 Å². The smallest absolute Gasteiger partial charge is 0.128 e. The van der Waals surface area contributed by atoms with Crippen LogP contribution in [0, 0.1) is 5.82 Å². The van der Waals surface area contributed by atoms with Crippen molar-refractivity contribution in [1.82, 2.24) is 5.32 Å². The van der Waals surface area contributed by atoms with Crippen LogP contribution >= 0.6 is 15.9 Å². The molecule has 1 unspecified atom stereocenters. The van der Waals surface area contributed by atoms with E-state index < -0.39 is 6.10 Å². The highest BCUT2D eigenvalue weighted by molar-refractivity contribution is 9.10. The number of aliphatic hydroxyl groups excluding tert-OH is 1. The van der Waals surface area contributed by atoms with Gasteiger partial charge < -0.3 is 15.2 Å². The molecule has 1 rings (SSSR count). The fourth-order valence-corrected chi connectivity index (χ4v) is 1.62. The Bertz CT molecular complexity index is 316. The predicted octanol–water partition coefficient (Wildman–Crippen LogP) is 1.94. The number of nitrogens with one attached hydrogen (secondary N) is 1. The van der Waals surface area contributed by atoms with Gasteiger partial charge in [-0.2, -0.15) is 0 Å². The molecule has 1 aromatic rings. The first-order valence-corrected chi connectivity index (χ1v) is 5.88. The van der Waals surface area contributed by atoms with Gasteiger partial charge in [-0.1, -0.05) is 22.9 Å². The van der Waals surface area contributed by atoms with E-state index >= 15 is 0 Å². The van der Waals surface area contributed by atoms with Crippen LogP contribution < -0.4 is 10.1 Å². The highest BCUT2D eigenvalue weighted by atomic mass is 79.9. The third kappa shape index (κ3) is 4.92. The molecular weight excluding hydrogens is 277 g/mol. The molecule has 2 N–H and O–H groups in total. The molecule has 16 heavy (non-hydrogen) atoms. The van der Waals surface area contributed by atoms with Gasteiger partial charge >= 0.3 is 0 Å². The number of hydrogen-bond donors (Lipinski definition) is 2. The third-order valence-corrected chi connectivity index (χ3v) is 2.37. The number of ether oxygens (including phenoxy) is 1. The van der Waals surface area contributed by atoms with Crippen molar-refractivity contribution >= 4 is 15.9 Å². The Morgan fingerprint density at radius 1 is 1.50 bits per heavy atom. The first kappa shape index (κ1) is 13.4. The summed E-state index contributed by atoms with van der Waals surface area (Å²) in [7, 11) is 0. The summed E-state index contributed by atoms with van der Waals surface area (Å²) in [4.78, 5) is 0. The Hall–Kier alpha value is -0.650. The lowest BCUT2D eigenvalue weighted by molar-refractivity contribution is 0.107. The Morgan fingerprint density at radius 2 is 2.25 bits per heavy atom. The highest BCUT2D eigenvalue weighted by Gasteiger charge is 2.05. The maximum atomic E-state index is 13.0. The Morgan fingerprint density at radius 3 is 2.88 bits per heavy atom. The van der Waals surface area contributed by atoms with Crippen molar-refractivity contribution in [2.75, 3.05) is 19.7 Å². The van der Waals surface area contributed by atoms with E-state index in [1.165, 1.54) is 12.1 Å². The molecule has 3 nitrogen and oxygen atoms in total. The van der Waals surface area contributed by atoms with E-state index in [-0.39, 0.29) is 12.4 Å². The number of aliphatic hydroxyl groups is 1. The van der Waals surface area contributed by atoms with Gasteiger partial charge in [-0.05, 0) is 18.7 Å². The van der Waals surface area contributed by atoms with Crippen molar-refractivity contribution in [2.24, 2.45) is 0 Å². The molecule has 0 aromatic heterocycles. The Balaban J connectivity index is 2.41. The molecule has 0 saturated carbocycles. The number of rotatable bonds is 6. The van der Waals surface area contributed by atoms with Crippen molar-refractivity contribution in [3.63, 3.8) is 0 Å². The maximum Gasteiger partial charge on any atom is 0.128 e. The largest absolute Gasteiger partial charge is 0.491 e. The van der Waals surface area contributed by atoms with E-state index in [1.54, 1.807) is 6.07 Å². The van der Waals surface area contributed by atoms with Crippen molar-refractivity contribution in [3.05, 3.63) is 28.5 Å². The lowest BCUT2D eigenvalue weighted by atomic mass is 10.3. The van der Waals surface area contributed by atoms with Gasteiger partial charge in [0.1, 0.15) is 24.3 Å². The van der Waals surface area contributed by atoms with Crippen LogP contribution in [0.4, 0.5) is 4.39 Å². The number of hydrogen-bond acceptors (Lipinski definition) is 3. The standard InChI is InChI=1S/C11H15BrFNO2/c1-2-14-6-10(15)7-16-11-4-8(12)3-9(13)5-11/h3-5,10,14-15H,2,6-7H2,1H3. The van der Waals surface area contributed by atoms with Gasteiger partial charge in [0.2, 0.25) is 0 Å². The first-order valence-electron chi connectivity index (χ1n) is 5.09. The van der Waals surface area contributed by atoms with Crippen molar-refractivity contribution in [1.29, 1.82) is 0 Å². The zero-order valence-electron chi connectivity index (χ0n) is 9.04. The lowest BCUT2D eigenvalue weighted by Gasteiger charge is -2.12. The van der Waals surface area contributed by atoms with Crippen LogP contribution in [0.5, 0.6) is 5.75 Å². The summed E-state index contributed by atoms with van der Waals surface area (Å²) in [5.41, 5.74) is 0. The fourth-order valence-electron chi connectivity index (χ4n) is 1.17.